The minimum Gasteiger partial charge on any atom is -0.450 e. The van der Waals surface area contributed by atoms with Crippen LogP contribution in [0.25, 0.3) is 0 Å². The number of hydrogen-bond acceptors (Lipinski definition) is 5. The van der Waals surface area contributed by atoms with Crippen molar-refractivity contribution < 1.29 is 14.5 Å². The standard InChI is InChI=1S/C11H13ClN4O4/c1-2-20-11(17)14-7-3-4-8(15-10(13)6-12)9(5-7)16(18)19/h3-5H,2,6H2,1H3,(H2,13,15)(H,14,17). The quantitative estimate of drug-likeness (QED) is 0.284. The molecule has 108 valence electrons. The van der Waals surface area contributed by atoms with E-state index in [0.717, 1.165) is 6.07 Å². The molecule has 0 unspecified atom stereocenters. The van der Waals surface area contributed by atoms with Crippen molar-refractivity contribution in [2.75, 3.05) is 17.8 Å². The van der Waals surface area contributed by atoms with Crippen molar-refractivity contribution in [3.63, 3.8) is 0 Å². The first-order chi connectivity index (χ1) is 9.47. The number of nitro benzene ring substituents is 1. The van der Waals surface area contributed by atoms with Gasteiger partial charge in [-0.15, -0.1) is 11.6 Å². The van der Waals surface area contributed by atoms with Crippen LogP contribution in [0.1, 0.15) is 6.92 Å². The molecule has 0 aromatic heterocycles. The van der Waals surface area contributed by atoms with Gasteiger partial charge in [-0.25, -0.2) is 9.79 Å². The molecule has 0 saturated heterocycles. The van der Waals surface area contributed by atoms with Crippen molar-refractivity contribution >= 4 is 40.6 Å². The van der Waals surface area contributed by atoms with Crippen LogP contribution < -0.4 is 11.1 Å². The van der Waals surface area contributed by atoms with Crippen molar-refractivity contribution in [2.24, 2.45) is 10.7 Å². The van der Waals surface area contributed by atoms with Crippen molar-refractivity contribution in [1.82, 2.24) is 0 Å². The highest BCUT2D eigenvalue weighted by molar-refractivity contribution is 6.28. The van der Waals surface area contributed by atoms with Gasteiger partial charge in [0.25, 0.3) is 5.69 Å². The Labute approximate surface area is 119 Å². The number of ether oxygens (including phenoxy) is 1. The number of rotatable bonds is 5. The minimum atomic E-state index is -0.696. The first-order valence-corrected chi connectivity index (χ1v) is 6.12. The third-order valence-electron chi connectivity index (χ3n) is 2.09. The van der Waals surface area contributed by atoms with Crippen LogP contribution in [0.4, 0.5) is 21.9 Å². The third kappa shape index (κ3) is 4.39. The van der Waals surface area contributed by atoms with Crippen LogP contribution in [0.15, 0.2) is 23.2 Å². The van der Waals surface area contributed by atoms with E-state index in [0.29, 0.717) is 0 Å². The lowest BCUT2D eigenvalue weighted by atomic mass is 10.2. The van der Waals surface area contributed by atoms with Gasteiger partial charge >= 0.3 is 6.09 Å². The van der Waals surface area contributed by atoms with Gasteiger partial charge < -0.3 is 10.5 Å². The van der Waals surface area contributed by atoms with Gasteiger partial charge in [-0.3, -0.25) is 15.4 Å². The molecule has 0 radical (unpaired) electrons. The van der Waals surface area contributed by atoms with Crippen molar-refractivity contribution in [1.29, 1.82) is 0 Å². The average Bonchev–Trinajstić information content (AvgIpc) is 2.40. The fourth-order valence-corrected chi connectivity index (χ4v) is 1.37. The molecular weight excluding hydrogens is 288 g/mol. The third-order valence-corrected chi connectivity index (χ3v) is 2.37. The Morgan fingerprint density at radius 2 is 2.30 bits per heavy atom. The lowest BCUT2D eigenvalue weighted by Crippen LogP contribution is -2.14. The van der Waals surface area contributed by atoms with Crippen LogP contribution in [0, 0.1) is 10.1 Å². The van der Waals surface area contributed by atoms with Crippen molar-refractivity contribution in [3.8, 4) is 0 Å². The van der Waals surface area contributed by atoms with Gasteiger partial charge in [-0.2, -0.15) is 0 Å². The van der Waals surface area contributed by atoms with Gasteiger partial charge in [0.05, 0.1) is 23.1 Å². The van der Waals surface area contributed by atoms with Gasteiger partial charge in [0, 0.05) is 6.07 Å². The van der Waals surface area contributed by atoms with Crippen LogP contribution in [-0.4, -0.2) is 29.3 Å². The minimum absolute atomic E-state index is 0.0417. The van der Waals surface area contributed by atoms with Crippen molar-refractivity contribution in [2.45, 2.75) is 6.92 Å². The number of benzene rings is 1. The first kappa shape index (κ1) is 15.7. The summed E-state index contributed by atoms with van der Waals surface area (Å²) in [6.07, 6.45) is -0.696. The van der Waals surface area contributed by atoms with E-state index in [9.17, 15) is 14.9 Å². The normalized spacial score (nSPS) is 11.0. The molecule has 0 aliphatic heterocycles. The maximum absolute atomic E-state index is 11.2. The zero-order valence-electron chi connectivity index (χ0n) is 10.6. The smallest absolute Gasteiger partial charge is 0.411 e. The molecule has 0 aliphatic rings. The Bertz CT molecular complexity index is 547. The maximum Gasteiger partial charge on any atom is 0.411 e. The average molecular weight is 301 g/mol. The summed E-state index contributed by atoms with van der Waals surface area (Å²) in [7, 11) is 0. The van der Waals surface area contributed by atoms with Gasteiger partial charge in [0.15, 0.2) is 0 Å². The summed E-state index contributed by atoms with van der Waals surface area (Å²) in [6.45, 7) is 1.84. The topological polar surface area (TPSA) is 120 Å². The molecule has 8 nitrogen and oxygen atoms in total. The Balaban J connectivity index is 3.07. The van der Waals surface area contributed by atoms with Crippen LogP contribution >= 0.6 is 11.6 Å². The lowest BCUT2D eigenvalue weighted by Gasteiger charge is -2.06. The molecule has 0 heterocycles. The number of nitrogens with one attached hydrogen (secondary N) is 1. The zero-order chi connectivity index (χ0) is 15.1. The molecule has 1 aromatic carbocycles. The highest BCUT2D eigenvalue weighted by atomic mass is 35.5. The summed E-state index contributed by atoms with van der Waals surface area (Å²) < 4.78 is 4.67. The number of amidine groups is 1. The van der Waals surface area contributed by atoms with E-state index in [-0.39, 0.29) is 35.4 Å². The molecule has 1 amide bonds. The van der Waals surface area contributed by atoms with Crippen LogP contribution in [0.2, 0.25) is 0 Å². The summed E-state index contributed by atoms with van der Waals surface area (Å²) in [4.78, 5) is 25.4. The number of aliphatic imine (C=N–C) groups is 1. The molecule has 9 heteroatoms. The second-order valence-electron chi connectivity index (χ2n) is 3.54. The molecule has 0 saturated carbocycles. The SMILES string of the molecule is CCOC(=O)Nc1ccc(N=C(N)CCl)c([N+](=O)[O-])c1. The van der Waals surface area contributed by atoms with Gasteiger partial charge in [0.1, 0.15) is 11.5 Å². The molecule has 1 aromatic rings. The molecule has 0 spiro atoms. The second-order valence-corrected chi connectivity index (χ2v) is 3.81. The number of amides is 1. The number of anilines is 1. The van der Waals surface area contributed by atoms with E-state index in [4.69, 9.17) is 17.3 Å². The van der Waals surface area contributed by atoms with Crippen LogP contribution in [0.5, 0.6) is 0 Å². The fourth-order valence-electron chi connectivity index (χ4n) is 1.31. The molecule has 3 N–H and O–H groups in total. The molecule has 0 atom stereocenters. The van der Waals surface area contributed by atoms with E-state index < -0.39 is 11.0 Å². The van der Waals surface area contributed by atoms with E-state index in [1.54, 1.807) is 6.92 Å². The number of alkyl halides is 1. The zero-order valence-corrected chi connectivity index (χ0v) is 11.4. The van der Waals surface area contributed by atoms with E-state index >= 15 is 0 Å². The molecule has 0 aliphatic carbocycles. The van der Waals surface area contributed by atoms with E-state index in [2.05, 4.69) is 15.0 Å². The largest absolute Gasteiger partial charge is 0.450 e. The summed E-state index contributed by atoms with van der Waals surface area (Å²) in [5.41, 5.74) is 5.42. The number of carbonyl (C=O) groups is 1. The lowest BCUT2D eigenvalue weighted by molar-refractivity contribution is -0.384. The Hall–Kier alpha value is -2.35. The molecule has 0 bridgehead atoms. The van der Waals surface area contributed by atoms with Crippen molar-refractivity contribution in [3.05, 3.63) is 28.3 Å². The number of nitrogens with two attached hydrogens (primary N) is 1. The number of halogens is 1. The van der Waals surface area contributed by atoms with Gasteiger partial charge in [0.2, 0.25) is 0 Å². The highest BCUT2D eigenvalue weighted by Gasteiger charge is 2.15. The maximum atomic E-state index is 11.2. The Kier molecular flexibility index (Phi) is 5.73. The predicted octanol–water partition coefficient (Wildman–Crippen LogP) is 2.39. The van der Waals surface area contributed by atoms with E-state index in [1.165, 1.54) is 12.1 Å². The predicted molar refractivity (Wildman–Crippen MR) is 75.7 cm³/mol. The number of carbonyl (C=O) groups excluding carboxylic acids is 1. The highest BCUT2D eigenvalue weighted by Crippen LogP contribution is 2.30. The second kappa shape index (κ2) is 7.29. The molecular formula is C11H13ClN4O4. The Morgan fingerprint density at radius 3 is 2.85 bits per heavy atom. The monoisotopic (exact) mass is 300 g/mol. The van der Waals surface area contributed by atoms with Gasteiger partial charge in [-0.05, 0) is 19.1 Å². The summed E-state index contributed by atoms with van der Waals surface area (Å²) in [5, 5.41) is 13.3. The van der Waals surface area contributed by atoms with Crippen LogP contribution in [0.3, 0.4) is 0 Å². The number of hydrogen-bond donors (Lipinski definition) is 2. The van der Waals surface area contributed by atoms with Crippen LogP contribution in [-0.2, 0) is 4.74 Å². The van der Waals surface area contributed by atoms with Gasteiger partial charge in [-0.1, -0.05) is 0 Å². The summed E-state index contributed by atoms with van der Waals surface area (Å²) in [5.74, 6) is 0.0147. The fraction of sp³-hybridized carbons (Fsp3) is 0.273. The van der Waals surface area contributed by atoms with E-state index in [1.807, 2.05) is 0 Å². The molecule has 0 fully saturated rings. The summed E-state index contributed by atoms with van der Waals surface area (Å²) >= 11 is 5.47. The number of nitrogens with zero attached hydrogens (tertiary/aromatic N) is 2. The number of nitro groups is 1. The summed E-state index contributed by atoms with van der Waals surface area (Å²) in [6, 6.07) is 3.97. The molecule has 1 rings (SSSR count). The first-order valence-electron chi connectivity index (χ1n) is 5.59. The molecule has 20 heavy (non-hydrogen) atoms. The Morgan fingerprint density at radius 1 is 1.60 bits per heavy atom.